The number of nitrogens with zero attached hydrogens (tertiary/aromatic N) is 3. The van der Waals surface area contributed by atoms with Crippen molar-refractivity contribution in [3.8, 4) is 0 Å². The Morgan fingerprint density at radius 2 is 1.65 bits per heavy atom. The number of rotatable bonds is 5. The average molecular weight is 457 g/mol. The SMILES string of the molecule is Cc1cc(C)nc(NC(=NCCc2ccc(Cl)cc2)NC(=O)Nc2cccc(Cl)c2)n1. The van der Waals surface area contributed by atoms with Crippen molar-refractivity contribution < 1.29 is 4.79 Å². The van der Waals surface area contributed by atoms with E-state index in [2.05, 4.69) is 30.9 Å². The fourth-order valence-electron chi connectivity index (χ4n) is 2.78. The molecular formula is C22H22Cl2N6O. The highest BCUT2D eigenvalue weighted by molar-refractivity contribution is 6.31. The van der Waals surface area contributed by atoms with Crippen LogP contribution >= 0.6 is 23.2 Å². The number of benzene rings is 2. The van der Waals surface area contributed by atoms with Crippen molar-refractivity contribution in [2.75, 3.05) is 17.2 Å². The number of hydrogen-bond donors (Lipinski definition) is 3. The van der Waals surface area contributed by atoms with Gasteiger partial charge in [0.05, 0.1) is 0 Å². The Morgan fingerprint density at radius 3 is 2.32 bits per heavy atom. The van der Waals surface area contributed by atoms with Crippen molar-refractivity contribution in [1.29, 1.82) is 0 Å². The van der Waals surface area contributed by atoms with Crippen LogP contribution in [0.2, 0.25) is 10.0 Å². The third-order valence-corrected chi connectivity index (χ3v) is 4.60. The van der Waals surface area contributed by atoms with Crippen LogP contribution < -0.4 is 16.0 Å². The van der Waals surface area contributed by atoms with Crippen LogP contribution in [0.4, 0.5) is 16.4 Å². The molecule has 0 saturated carbocycles. The molecule has 7 nitrogen and oxygen atoms in total. The summed E-state index contributed by atoms with van der Waals surface area (Å²) >= 11 is 11.9. The summed E-state index contributed by atoms with van der Waals surface area (Å²) in [6.45, 7) is 4.18. The van der Waals surface area contributed by atoms with Crippen molar-refractivity contribution >= 4 is 46.8 Å². The van der Waals surface area contributed by atoms with Crippen LogP contribution in [0.3, 0.4) is 0 Å². The molecule has 0 radical (unpaired) electrons. The highest BCUT2D eigenvalue weighted by atomic mass is 35.5. The zero-order valence-corrected chi connectivity index (χ0v) is 18.6. The predicted octanol–water partition coefficient (Wildman–Crippen LogP) is 5.23. The number of urea groups is 1. The normalized spacial score (nSPS) is 11.2. The lowest BCUT2D eigenvalue weighted by molar-refractivity contribution is 0.256. The molecule has 3 N–H and O–H groups in total. The lowest BCUT2D eigenvalue weighted by Crippen LogP contribution is -2.39. The molecule has 0 unspecified atom stereocenters. The van der Waals surface area contributed by atoms with Gasteiger partial charge in [0.1, 0.15) is 0 Å². The highest BCUT2D eigenvalue weighted by Crippen LogP contribution is 2.14. The molecule has 160 valence electrons. The average Bonchev–Trinajstić information content (AvgIpc) is 2.68. The smallest absolute Gasteiger partial charge is 0.308 e. The van der Waals surface area contributed by atoms with Crippen molar-refractivity contribution in [3.63, 3.8) is 0 Å². The Hall–Kier alpha value is -3.16. The summed E-state index contributed by atoms with van der Waals surface area (Å²) in [5.41, 5.74) is 3.25. The maximum atomic E-state index is 12.5. The van der Waals surface area contributed by atoms with Crippen molar-refractivity contribution in [2.45, 2.75) is 20.3 Å². The molecule has 0 saturated heterocycles. The Kier molecular flexibility index (Phi) is 7.81. The molecule has 3 rings (SSSR count). The maximum absolute atomic E-state index is 12.5. The number of anilines is 2. The van der Waals surface area contributed by atoms with Crippen molar-refractivity contribution in [2.24, 2.45) is 4.99 Å². The Balaban J connectivity index is 1.72. The molecule has 9 heteroatoms. The van der Waals surface area contributed by atoms with Gasteiger partial charge in [-0.3, -0.25) is 15.6 Å². The van der Waals surface area contributed by atoms with Gasteiger partial charge < -0.3 is 5.32 Å². The Bertz CT molecular complexity index is 1070. The summed E-state index contributed by atoms with van der Waals surface area (Å²) < 4.78 is 0. The first-order valence-electron chi connectivity index (χ1n) is 9.59. The number of halogens is 2. The molecule has 0 bridgehead atoms. The molecule has 0 aliphatic carbocycles. The van der Waals surface area contributed by atoms with E-state index in [1.165, 1.54) is 0 Å². The van der Waals surface area contributed by atoms with E-state index in [1.54, 1.807) is 24.3 Å². The maximum Gasteiger partial charge on any atom is 0.326 e. The molecule has 0 fully saturated rings. The predicted molar refractivity (Wildman–Crippen MR) is 126 cm³/mol. The van der Waals surface area contributed by atoms with Gasteiger partial charge in [-0.15, -0.1) is 0 Å². The van der Waals surface area contributed by atoms with E-state index >= 15 is 0 Å². The number of hydrogen-bond acceptors (Lipinski definition) is 4. The molecule has 0 atom stereocenters. The highest BCUT2D eigenvalue weighted by Gasteiger charge is 2.09. The lowest BCUT2D eigenvalue weighted by Gasteiger charge is -2.12. The Labute approximate surface area is 190 Å². The number of aliphatic imine (C=N–C) groups is 1. The van der Waals surface area contributed by atoms with E-state index in [1.807, 2.05) is 44.2 Å². The van der Waals surface area contributed by atoms with Crippen LogP contribution in [0.5, 0.6) is 0 Å². The number of carbonyl (C=O) groups excluding carboxylic acids is 1. The first-order chi connectivity index (χ1) is 14.9. The number of amides is 2. The standard InChI is InChI=1S/C22H22Cl2N6O/c1-14-12-15(2)27-21(26-14)29-20(25-11-10-16-6-8-17(23)9-7-16)30-22(31)28-19-5-3-4-18(24)13-19/h3-9,12-13H,10-11H2,1-2H3,(H3,25,26,27,28,29,30,31). The van der Waals surface area contributed by atoms with Gasteiger partial charge >= 0.3 is 6.03 Å². The van der Waals surface area contributed by atoms with Gasteiger partial charge in [-0.2, -0.15) is 0 Å². The number of aromatic nitrogens is 2. The first-order valence-corrected chi connectivity index (χ1v) is 10.3. The molecule has 1 aromatic heterocycles. The van der Waals surface area contributed by atoms with Gasteiger partial charge in [0.25, 0.3) is 0 Å². The van der Waals surface area contributed by atoms with Crippen molar-refractivity contribution in [3.05, 3.63) is 81.6 Å². The van der Waals surface area contributed by atoms with Crippen LogP contribution in [-0.4, -0.2) is 28.5 Å². The third kappa shape index (κ3) is 7.55. The summed E-state index contributed by atoms with van der Waals surface area (Å²) in [7, 11) is 0. The van der Waals surface area contributed by atoms with E-state index in [0.29, 0.717) is 34.6 Å². The second kappa shape index (κ2) is 10.7. The molecule has 1 heterocycles. The van der Waals surface area contributed by atoms with E-state index < -0.39 is 6.03 Å². The Morgan fingerprint density at radius 1 is 0.935 bits per heavy atom. The van der Waals surface area contributed by atoms with Crippen molar-refractivity contribution in [1.82, 2.24) is 15.3 Å². The zero-order valence-electron chi connectivity index (χ0n) is 17.1. The summed E-state index contributed by atoms with van der Waals surface area (Å²) in [6.07, 6.45) is 0.674. The molecular weight excluding hydrogens is 435 g/mol. The third-order valence-electron chi connectivity index (χ3n) is 4.11. The van der Waals surface area contributed by atoms with E-state index in [4.69, 9.17) is 23.2 Å². The fourth-order valence-corrected chi connectivity index (χ4v) is 3.10. The summed E-state index contributed by atoms with van der Waals surface area (Å²) in [5.74, 6) is 0.587. The van der Waals surface area contributed by atoms with Gasteiger partial charge in [0.2, 0.25) is 11.9 Å². The quantitative estimate of drug-likeness (QED) is 0.361. The van der Waals surface area contributed by atoms with Crippen LogP contribution in [0.15, 0.2) is 59.6 Å². The minimum Gasteiger partial charge on any atom is -0.308 e. The summed E-state index contributed by atoms with van der Waals surface area (Å²) in [5, 5.41) is 9.64. The van der Waals surface area contributed by atoms with E-state index in [9.17, 15) is 4.79 Å². The number of aryl methyl sites for hydroxylation is 2. The summed E-state index contributed by atoms with van der Waals surface area (Å²) in [4.78, 5) is 25.7. The molecule has 0 aliphatic rings. The van der Waals surface area contributed by atoms with Gasteiger partial charge in [-0.25, -0.2) is 14.8 Å². The largest absolute Gasteiger partial charge is 0.326 e. The number of guanidine groups is 1. The van der Waals surface area contributed by atoms with Crippen LogP contribution in [0.1, 0.15) is 17.0 Å². The van der Waals surface area contributed by atoms with Crippen LogP contribution in [0.25, 0.3) is 0 Å². The molecule has 0 aliphatic heterocycles. The second-order valence-corrected chi connectivity index (χ2v) is 7.67. The molecule has 31 heavy (non-hydrogen) atoms. The summed E-state index contributed by atoms with van der Waals surface area (Å²) in [6, 6.07) is 15.8. The fraction of sp³-hybridized carbons (Fsp3) is 0.182. The number of nitrogens with one attached hydrogen (secondary N) is 3. The second-order valence-electron chi connectivity index (χ2n) is 6.80. The topological polar surface area (TPSA) is 91.3 Å². The minimum absolute atomic E-state index is 0.235. The van der Waals surface area contributed by atoms with E-state index in [-0.39, 0.29) is 5.96 Å². The van der Waals surface area contributed by atoms with Crippen LogP contribution in [-0.2, 0) is 6.42 Å². The molecule has 2 amide bonds. The first kappa shape index (κ1) is 22.5. The van der Waals surface area contributed by atoms with Gasteiger partial charge in [0.15, 0.2) is 0 Å². The lowest BCUT2D eigenvalue weighted by atomic mass is 10.1. The monoisotopic (exact) mass is 456 g/mol. The zero-order chi connectivity index (χ0) is 22.2. The number of carbonyl (C=O) groups is 1. The van der Waals surface area contributed by atoms with E-state index in [0.717, 1.165) is 17.0 Å². The molecule has 2 aromatic carbocycles. The van der Waals surface area contributed by atoms with Gasteiger partial charge in [-0.05, 0) is 62.2 Å². The van der Waals surface area contributed by atoms with Gasteiger partial charge in [0, 0.05) is 33.7 Å². The van der Waals surface area contributed by atoms with Crippen LogP contribution in [0, 0.1) is 13.8 Å². The van der Waals surface area contributed by atoms with Gasteiger partial charge in [-0.1, -0.05) is 41.4 Å². The molecule has 0 spiro atoms. The minimum atomic E-state index is -0.468. The molecule has 3 aromatic rings.